The Morgan fingerprint density at radius 3 is 2.89 bits per heavy atom. The largest absolute Gasteiger partial charge is 0.493 e. The average Bonchev–Trinajstić information content (AvgIpc) is 2.36. The maximum absolute atomic E-state index is 10.7. The Labute approximate surface area is 116 Å². The van der Waals surface area contributed by atoms with Crippen LogP contribution in [0.2, 0.25) is 5.02 Å². The zero-order chi connectivity index (χ0) is 14.3. The summed E-state index contributed by atoms with van der Waals surface area (Å²) in [6.07, 6.45) is 3.08. The highest BCUT2D eigenvalue weighted by Crippen LogP contribution is 2.35. The lowest BCUT2D eigenvalue weighted by atomic mass is 10.2. The van der Waals surface area contributed by atoms with Crippen molar-refractivity contribution in [1.29, 1.82) is 0 Å². The minimum atomic E-state index is -0.250. The molecule has 0 heterocycles. The molecule has 1 aromatic carbocycles. The van der Waals surface area contributed by atoms with E-state index in [0.717, 1.165) is 0 Å². The number of methoxy groups -OCH3 is 1. The van der Waals surface area contributed by atoms with Gasteiger partial charge in [0.25, 0.3) is 0 Å². The third-order valence-corrected chi connectivity index (χ3v) is 2.31. The Morgan fingerprint density at radius 1 is 1.58 bits per heavy atom. The molecule has 1 rings (SSSR count). The van der Waals surface area contributed by atoms with Crippen LogP contribution in [0.5, 0.6) is 11.5 Å². The molecule has 1 N–H and O–H groups in total. The van der Waals surface area contributed by atoms with Crippen LogP contribution in [-0.2, 0) is 4.79 Å². The molecule has 0 unspecified atom stereocenters. The Bertz CT molecular complexity index is 501. The number of hydrazone groups is 1. The van der Waals surface area contributed by atoms with Gasteiger partial charge < -0.3 is 9.47 Å². The molecule has 1 amide bonds. The predicted octanol–water partition coefficient (Wildman–Crippen LogP) is 2.38. The van der Waals surface area contributed by atoms with Gasteiger partial charge in [-0.2, -0.15) is 5.10 Å². The van der Waals surface area contributed by atoms with Crippen molar-refractivity contribution >= 4 is 23.7 Å². The maximum Gasteiger partial charge on any atom is 0.236 e. The van der Waals surface area contributed by atoms with Gasteiger partial charge in [-0.15, -0.1) is 0 Å². The van der Waals surface area contributed by atoms with E-state index in [9.17, 15) is 4.79 Å². The average molecular weight is 283 g/mol. The third kappa shape index (κ3) is 4.63. The molecule has 0 radical (unpaired) electrons. The number of rotatable bonds is 6. The van der Waals surface area contributed by atoms with Crippen molar-refractivity contribution in [3.05, 3.63) is 35.4 Å². The molecule has 0 fully saturated rings. The fraction of sp³-hybridized carbons (Fsp3) is 0.231. The van der Waals surface area contributed by atoms with Crippen LogP contribution in [0.15, 0.2) is 29.9 Å². The Hall–Kier alpha value is -2.01. The second-order valence-corrected chi connectivity index (χ2v) is 3.97. The van der Waals surface area contributed by atoms with E-state index in [1.165, 1.54) is 20.2 Å². The minimum Gasteiger partial charge on any atom is -0.493 e. The topological polar surface area (TPSA) is 59.9 Å². The summed E-state index contributed by atoms with van der Waals surface area (Å²) in [6.45, 7) is 5.27. The molecular weight excluding hydrogens is 268 g/mol. The first-order valence-electron chi connectivity index (χ1n) is 5.49. The van der Waals surface area contributed by atoms with Crippen LogP contribution >= 0.6 is 11.6 Å². The van der Waals surface area contributed by atoms with E-state index in [2.05, 4.69) is 17.1 Å². The lowest BCUT2D eigenvalue weighted by Crippen LogP contribution is -2.12. The predicted molar refractivity (Wildman–Crippen MR) is 75.1 cm³/mol. The number of carbonyl (C=O) groups excluding carboxylic acids is 1. The summed E-state index contributed by atoms with van der Waals surface area (Å²) in [7, 11) is 1.52. The molecule has 0 saturated heterocycles. The third-order valence-electron chi connectivity index (χ3n) is 2.03. The highest BCUT2D eigenvalue weighted by Gasteiger charge is 2.10. The highest BCUT2D eigenvalue weighted by atomic mass is 35.5. The molecule has 0 bridgehead atoms. The number of benzene rings is 1. The molecule has 6 heteroatoms. The lowest BCUT2D eigenvalue weighted by Gasteiger charge is -2.11. The monoisotopic (exact) mass is 282 g/mol. The van der Waals surface area contributed by atoms with Gasteiger partial charge in [-0.25, -0.2) is 5.43 Å². The molecule has 0 aliphatic rings. The van der Waals surface area contributed by atoms with Gasteiger partial charge in [0.05, 0.1) is 18.3 Å². The van der Waals surface area contributed by atoms with Gasteiger partial charge in [-0.05, 0) is 17.7 Å². The van der Waals surface area contributed by atoms with E-state index in [4.69, 9.17) is 21.1 Å². The van der Waals surface area contributed by atoms with Crippen molar-refractivity contribution in [2.24, 2.45) is 5.10 Å². The summed E-state index contributed by atoms with van der Waals surface area (Å²) in [4.78, 5) is 10.7. The van der Waals surface area contributed by atoms with E-state index >= 15 is 0 Å². The van der Waals surface area contributed by atoms with Gasteiger partial charge >= 0.3 is 0 Å². The fourth-order valence-electron chi connectivity index (χ4n) is 1.29. The summed E-state index contributed by atoms with van der Waals surface area (Å²) < 4.78 is 10.6. The summed E-state index contributed by atoms with van der Waals surface area (Å²) in [6, 6.07) is 3.36. The van der Waals surface area contributed by atoms with Gasteiger partial charge in [0.2, 0.25) is 5.91 Å². The van der Waals surface area contributed by atoms with Crippen LogP contribution in [0, 0.1) is 0 Å². The first-order chi connectivity index (χ1) is 9.08. The Balaban J connectivity index is 2.98. The van der Waals surface area contributed by atoms with Crippen molar-refractivity contribution in [3.63, 3.8) is 0 Å². The van der Waals surface area contributed by atoms with Crippen LogP contribution < -0.4 is 14.9 Å². The molecule has 0 aliphatic carbocycles. The van der Waals surface area contributed by atoms with Gasteiger partial charge in [-0.3, -0.25) is 4.79 Å². The number of amides is 1. The number of nitrogens with zero attached hydrogens (tertiary/aromatic N) is 1. The number of carbonyl (C=O) groups is 1. The second-order valence-electron chi connectivity index (χ2n) is 3.56. The number of nitrogens with one attached hydrogen (secondary N) is 1. The van der Waals surface area contributed by atoms with E-state index in [-0.39, 0.29) is 5.91 Å². The van der Waals surface area contributed by atoms with Gasteiger partial charge in [0.15, 0.2) is 11.5 Å². The lowest BCUT2D eigenvalue weighted by molar-refractivity contribution is -0.118. The smallest absolute Gasteiger partial charge is 0.236 e. The molecule has 1 aromatic rings. The zero-order valence-corrected chi connectivity index (χ0v) is 11.5. The quantitative estimate of drug-likeness (QED) is 0.495. The van der Waals surface area contributed by atoms with Crippen LogP contribution in [0.4, 0.5) is 0 Å². The van der Waals surface area contributed by atoms with E-state index in [1.54, 1.807) is 18.2 Å². The zero-order valence-electron chi connectivity index (χ0n) is 10.8. The molecule has 0 spiro atoms. The SMILES string of the molecule is C=CCOc1c(Cl)cc(/C=N\NC(C)=O)cc1OC. The van der Waals surface area contributed by atoms with Crippen molar-refractivity contribution in [3.8, 4) is 11.5 Å². The standard InChI is InChI=1S/C13H15ClN2O3/c1-4-5-19-13-11(14)6-10(7-12(13)18-3)8-15-16-9(2)17/h4,6-8H,1,5H2,2-3H3,(H,16,17)/b15-8-. The van der Waals surface area contributed by atoms with E-state index in [0.29, 0.717) is 28.7 Å². The van der Waals surface area contributed by atoms with Gasteiger partial charge in [0, 0.05) is 6.92 Å². The van der Waals surface area contributed by atoms with Crippen LogP contribution in [-0.4, -0.2) is 25.8 Å². The van der Waals surface area contributed by atoms with Crippen LogP contribution in [0.3, 0.4) is 0 Å². The summed E-state index contributed by atoms with van der Waals surface area (Å²) in [5, 5.41) is 4.15. The van der Waals surface area contributed by atoms with Crippen molar-refractivity contribution in [1.82, 2.24) is 5.43 Å². The molecule has 0 saturated carbocycles. The second kappa shape index (κ2) is 7.43. The normalized spacial score (nSPS) is 10.3. The molecule has 0 atom stereocenters. The highest BCUT2D eigenvalue weighted by molar-refractivity contribution is 6.32. The summed E-state index contributed by atoms with van der Waals surface area (Å²) >= 11 is 6.10. The Morgan fingerprint density at radius 2 is 2.32 bits per heavy atom. The molecule has 5 nitrogen and oxygen atoms in total. The number of ether oxygens (including phenoxy) is 2. The van der Waals surface area contributed by atoms with Crippen molar-refractivity contribution in [2.75, 3.05) is 13.7 Å². The number of hydrogen-bond acceptors (Lipinski definition) is 4. The maximum atomic E-state index is 10.7. The molecule has 0 aromatic heterocycles. The number of hydrogen-bond donors (Lipinski definition) is 1. The van der Waals surface area contributed by atoms with Gasteiger partial charge in [-0.1, -0.05) is 24.3 Å². The first-order valence-corrected chi connectivity index (χ1v) is 5.87. The Kier molecular flexibility index (Phi) is 5.89. The molecule has 19 heavy (non-hydrogen) atoms. The minimum absolute atomic E-state index is 0.250. The number of halogens is 1. The molecular formula is C13H15ClN2O3. The molecule has 102 valence electrons. The molecule has 0 aliphatic heterocycles. The van der Waals surface area contributed by atoms with Crippen LogP contribution in [0.1, 0.15) is 12.5 Å². The summed E-state index contributed by atoms with van der Waals surface area (Å²) in [5.74, 6) is 0.680. The van der Waals surface area contributed by atoms with E-state index in [1.807, 2.05) is 0 Å². The fourth-order valence-corrected chi connectivity index (χ4v) is 1.57. The van der Waals surface area contributed by atoms with Crippen molar-refractivity contribution in [2.45, 2.75) is 6.92 Å². The van der Waals surface area contributed by atoms with E-state index < -0.39 is 0 Å². The summed E-state index contributed by atoms with van der Waals surface area (Å²) in [5.41, 5.74) is 2.98. The first kappa shape index (κ1) is 15.0. The van der Waals surface area contributed by atoms with Crippen LogP contribution in [0.25, 0.3) is 0 Å². The van der Waals surface area contributed by atoms with Gasteiger partial charge in [0.1, 0.15) is 6.61 Å². The van der Waals surface area contributed by atoms with Crippen molar-refractivity contribution < 1.29 is 14.3 Å².